The number of methoxy groups -OCH3 is 1. The van der Waals surface area contributed by atoms with Gasteiger partial charge in [0.25, 0.3) is 5.91 Å². The second-order valence-electron chi connectivity index (χ2n) is 29.7. The molecule has 0 aromatic rings. The fraction of sp³-hybridized carbons (Fsp3) is 0.814. The summed E-state index contributed by atoms with van der Waals surface area (Å²) in [5, 5.41) is 22.3. The first-order valence-corrected chi connectivity index (χ1v) is 35.9. The Balaban J connectivity index is 3.15. The second-order valence-corrected chi connectivity index (χ2v) is 30.9. The maximum atomic E-state index is 15.6. The van der Waals surface area contributed by atoms with Crippen LogP contribution < -0.4 is 21.3 Å². The second kappa shape index (κ2) is 39.8. The molecule has 27 heteroatoms. The number of carbonyl (C=O) groups is 11. The maximum absolute atomic E-state index is 15.6. The first-order chi connectivity index (χ1) is 44.9. The predicted octanol–water partition coefficient (Wildman–Crippen LogP) is 3.34. The molecule has 2 heterocycles. The summed E-state index contributed by atoms with van der Waals surface area (Å²) in [6.07, 6.45) is 2.69. The average Bonchev–Trinajstić information content (AvgIpc) is 0.807. The van der Waals surface area contributed by atoms with Gasteiger partial charge in [-0.25, -0.2) is 0 Å². The number of likely N-dealkylation sites (N-methyl/N-ethyl adjacent to an activating group) is 8. The maximum Gasteiger partial charge on any atom is 0.256 e. The van der Waals surface area contributed by atoms with E-state index in [0.717, 1.165) is 31.1 Å². The quantitative estimate of drug-likeness (QED) is 0.109. The van der Waals surface area contributed by atoms with Gasteiger partial charge in [-0.2, -0.15) is 0 Å². The predicted molar refractivity (Wildman–Crippen MR) is 380 cm³/mol. The summed E-state index contributed by atoms with van der Waals surface area (Å²) in [6, 6.07) is -12.9. The molecule has 2 aliphatic rings. The standard InChI is InChI=1S/C70H127N13O13S/c1-27-29-30-46(13)57(84)56-61(88)73-49(28-2)63(90)82(25)69(97-36-35-83-33-31-75(18)32-34-83)68(95)79(22)53(40-70(16,17)96-26)60(87)74-54(44(9)10)66(93)76(19)50(37-41(3)4)59(86)71-47(14)58(85)72-48(15)62(89)77(20)51(38-42(5)6)64(91)78(21)52(39-43(7)8)65(92)80(23)55(45(11)12)67(94)81(56)24/h27,29,41-57,69,84H,28,30-40H2,1-26H3,(H,71,86)(H,72,85)(H,73,88)(H,74,87)/b29-27+/t46-,47+,48-,49+,50+,51+,52+,53+,54+,55+,56+,57-,69-/m1/s1. The molecule has 2 rings (SSSR count). The van der Waals surface area contributed by atoms with Gasteiger partial charge in [0.1, 0.15) is 60.4 Å². The Morgan fingerprint density at radius 1 is 0.526 bits per heavy atom. The Morgan fingerprint density at radius 3 is 1.47 bits per heavy atom. The summed E-state index contributed by atoms with van der Waals surface area (Å²) in [5.41, 5.74) is -1.05. The minimum atomic E-state index is -1.65. The van der Waals surface area contributed by atoms with Crippen molar-refractivity contribution in [2.24, 2.45) is 35.5 Å². The van der Waals surface area contributed by atoms with Gasteiger partial charge in [-0.3, -0.25) is 57.6 Å². The van der Waals surface area contributed by atoms with Crippen LogP contribution in [0.3, 0.4) is 0 Å². The molecule has 0 aromatic carbocycles. The third-order valence-electron chi connectivity index (χ3n) is 19.0. The van der Waals surface area contributed by atoms with Gasteiger partial charge in [-0.15, -0.1) is 11.8 Å². The number of aliphatic hydroxyl groups is 1. The van der Waals surface area contributed by atoms with Crippen molar-refractivity contribution in [3.8, 4) is 0 Å². The number of carbonyl (C=O) groups excluding carboxylic acids is 11. The first-order valence-electron chi connectivity index (χ1n) is 34.9. The Labute approximate surface area is 585 Å². The van der Waals surface area contributed by atoms with Crippen LogP contribution in [0.2, 0.25) is 0 Å². The molecule has 26 nitrogen and oxygen atoms in total. The van der Waals surface area contributed by atoms with Crippen LogP contribution in [0.5, 0.6) is 0 Å². The molecule has 0 aromatic heterocycles. The van der Waals surface area contributed by atoms with Crippen LogP contribution in [-0.4, -0.2) is 294 Å². The van der Waals surface area contributed by atoms with E-state index in [1.54, 1.807) is 61.5 Å². The molecule has 0 spiro atoms. The number of hydrogen-bond donors (Lipinski definition) is 5. The van der Waals surface area contributed by atoms with Gasteiger partial charge in [-0.1, -0.05) is 95.2 Å². The normalized spacial score (nSPS) is 27.3. The van der Waals surface area contributed by atoms with Crippen molar-refractivity contribution in [1.82, 2.24) is 65.4 Å². The molecule has 556 valence electrons. The highest BCUT2D eigenvalue weighted by Gasteiger charge is 2.47. The van der Waals surface area contributed by atoms with Gasteiger partial charge in [0.2, 0.25) is 59.1 Å². The molecule has 0 aliphatic carbocycles. The summed E-state index contributed by atoms with van der Waals surface area (Å²) < 4.78 is 5.86. The Hall–Kier alpha value is -5.90. The third-order valence-corrected chi connectivity index (χ3v) is 20.3. The van der Waals surface area contributed by atoms with Crippen molar-refractivity contribution < 1.29 is 62.6 Å². The van der Waals surface area contributed by atoms with Gasteiger partial charge in [0, 0.05) is 101 Å². The fourth-order valence-electron chi connectivity index (χ4n) is 12.3. The van der Waals surface area contributed by atoms with E-state index in [2.05, 4.69) is 31.1 Å². The lowest BCUT2D eigenvalue weighted by atomic mass is 9.91. The number of allylic oxidation sites excluding steroid dienone is 2. The summed E-state index contributed by atoms with van der Waals surface area (Å²) in [4.78, 5) is 178. The molecule has 2 fully saturated rings. The largest absolute Gasteiger partial charge is 0.390 e. The fourth-order valence-corrected chi connectivity index (χ4v) is 13.5. The molecule has 0 saturated carbocycles. The van der Waals surface area contributed by atoms with Gasteiger partial charge < -0.3 is 70.3 Å². The van der Waals surface area contributed by atoms with E-state index in [-0.39, 0.29) is 49.9 Å². The van der Waals surface area contributed by atoms with Crippen LogP contribution in [0.15, 0.2) is 12.2 Å². The van der Waals surface area contributed by atoms with Crippen LogP contribution in [0.4, 0.5) is 0 Å². The molecular formula is C70H127N13O13S. The smallest absolute Gasteiger partial charge is 0.256 e. The lowest BCUT2D eigenvalue weighted by Crippen LogP contribution is -2.64. The minimum Gasteiger partial charge on any atom is -0.390 e. The number of piperazine rings is 1. The summed E-state index contributed by atoms with van der Waals surface area (Å²) in [6.45, 7) is 33.5. The van der Waals surface area contributed by atoms with Crippen LogP contribution in [0.1, 0.15) is 156 Å². The third kappa shape index (κ3) is 24.7. The molecule has 0 bridgehead atoms. The van der Waals surface area contributed by atoms with Crippen LogP contribution >= 0.6 is 11.8 Å². The van der Waals surface area contributed by atoms with E-state index in [1.165, 1.54) is 111 Å². The zero-order valence-electron chi connectivity index (χ0n) is 63.8. The van der Waals surface area contributed by atoms with Crippen molar-refractivity contribution in [2.75, 3.05) is 102 Å². The molecule has 97 heavy (non-hydrogen) atoms. The highest BCUT2D eigenvalue weighted by molar-refractivity contribution is 8.00. The number of aliphatic hydroxyl groups excluding tert-OH is 1. The monoisotopic (exact) mass is 1390 g/mol. The molecule has 0 unspecified atom stereocenters. The van der Waals surface area contributed by atoms with E-state index in [0.29, 0.717) is 18.7 Å². The van der Waals surface area contributed by atoms with Gasteiger partial charge in [-0.05, 0) is 109 Å². The SMILES string of the molecule is C/C=C/C[C@@H](C)[C@@H](O)[C@H]1C(=O)N[C@@H](CC)C(=O)N(C)[C@H](SCCN2CCN(C)CC2)C(=O)N(C)[C@@H](CC(C)(C)OC)C(=O)N[C@@H](C(C)C)C(=O)N(C)[C@@H](CC(C)C)C(=O)N[C@@H](C)C(=O)N[C@H](C)C(=O)N(C)[C@@H](CC(C)C)C(=O)N(C)[C@@H](CC(C)C)C(=O)N(C)[C@@H](C(C)C)C(=O)N1C. The summed E-state index contributed by atoms with van der Waals surface area (Å²) in [7, 11) is 13.6. The lowest BCUT2D eigenvalue weighted by Gasteiger charge is -2.41. The lowest BCUT2D eigenvalue weighted by molar-refractivity contribution is -0.157. The summed E-state index contributed by atoms with van der Waals surface area (Å²) in [5.74, 6) is -9.57. The number of nitrogens with zero attached hydrogens (tertiary/aromatic N) is 9. The van der Waals surface area contributed by atoms with Crippen LogP contribution in [-0.2, 0) is 57.5 Å². The zero-order valence-corrected chi connectivity index (χ0v) is 64.6. The number of nitrogens with one attached hydrogen (secondary N) is 4. The molecule has 5 N–H and O–H groups in total. The van der Waals surface area contributed by atoms with E-state index >= 15 is 33.6 Å². The van der Waals surface area contributed by atoms with Crippen LogP contribution in [0.25, 0.3) is 0 Å². The highest BCUT2D eigenvalue weighted by atomic mass is 32.2. The number of amides is 11. The van der Waals surface area contributed by atoms with Crippen molar-refractivity contribution in [1.29, 1.82) is 0 Å². The number of ether oxygens (including phenoxy) is 1. The van der Waals surface area contributed by atoms with E-state index in [9.17, 15) is 24.3 Å². The average molecular weight is 1390 g/mol. The highest BCUT2D eigenvalue weighted by Crippen LogP contribution is 2.28. The van der Waals surface area contributed by atoms with Gasteiger partial charge >= 0.3 is 0 Å². The van der Waals surface area contributed by atoms with Gasteiger partial charge in [0.15, 0.2) is 5.37 Å². The van der Waals surface area contributed by atoms with E-state index < -0.39 is 160 Å². The zero-order chi connectivity index (χ0) is 74.6. The van der Waals surface area contributed by atoms with Crippen molar-refractivity contribution in [2.45, 2.75) is 234 Å². The van der Waals surface area contributed by atoms with Crippen LogP contribution in [0, 0.1) is 35.5 Å². The number of rotatable bonds is 20. The topological polar surface area (TPSA) is 295 Å². The van der Waals surface area contributed by atoms with Crippen molar-refractivity contribution in [3.05, 3.63) is 12.2 Å². The number of hydrogen-bond acceptors (Lipinski definition) is 16. The number of thioether (sulfide) groups is 1. The minimum absolute atomic E-state index is 0.0115. The summed E-state index contributed by atoms with van der Waals surface area (Å²) >= 11 is 1.18. The molecule has 13 atom stereocenters. The van der Waals surface area contributed by atoms with E-state index in [4.69, 9.17) is 4.74 Å². The molecule has 2 saturated heterocycles. The Bertz CT molecular complexity index is 2670. The first kappa shape index (κ1) is 87.2. The molecule has 0 radical (unpaired) electrons. The molecule has 11 amide bonds. The molecule has 2 aliphatic heterocycles. The van der Waals surface area contributed by atoms with E-state index in [1.807, 2.05) is 61.6 Å². The molecular weight excluding hydrogens is 1260 g/mol. The Morgan fingerprint density at radius 2 is 0.990 bits per heavy atom. The van der Waals surface area contributed by atoms with Crippen molar-refractivity contribution >= 4 is 76.7 Å². The van der Waals surface area contributed by atoms with Gasteiger partial charge in [0.05, 0.1) is 11.7 Å². The van der Waals surface area contributed by atoms with Crippen molar-refractivity contribution in [3.63, 3.8) is 0 Å². The Kier molecular flexibility index (Phi) is 35.8.